The fourth-order valence-corrected chi connectivity index (χ4v) is 5.24. The van der Waals surface area contributed by atoms with Crippen molar-refractivity contribution in [1.82, 2.24) is 15.1 Å². The first-order valence-electron chi connectivity index (χ1n) is 10.4. The van der Waals surface area contributed by atoms with E-state index in [1.807, 2.05) is 13.8 Å². The van der Waals surface area contributed by atoms with Crippen molar-refractivity contribution in [2.75, 3.05) is 11.9 Å². The summed E-state index contributed by atoms with van der Waals surface area (Å²) in [7, 11) is 0. The predicted octanol–water partition coefficient (Wildman–Crippen LogP) is 3.50. The van der Waals surface area contributed by atoms with Crippen LogP contribution in [0.5, 0.6) is 0 Å². The average molecular weight is 443 g/mol. The van der Waals surface area contributed by atoms with Crippen molar-refractivity contribution in [3.05, 3.63) is 55.9 Å². The van der Waals surface area contributed by atoms with Crippen LogP contribution in [0.25, 0.3) is 10.9 Å². The van der Waals surface area contributed by atoms with Crippen molar-refractivity contribution in [1.29, 1.82) is 0 Å². The molecule has 0 spiro atoms. The van der Waals surface area contributed by atoms with E-state index >= 15 is 0 Å². The fourth-order valence-electron chi connectivity index (χ4n) is 3.96. The SMILES string of the molecule is CCNC(=O)c1c(NC(=O)c2nn(CC)c3ccc(F)cc3c2=O)sc2c1CCCC2. The lowest BCUT2D eigenvalue weighted by atomic mass is 9.95. The van der Waals surface area contributed by atoms with Gasteiger partial charge in [0.2, 0.25) is 5.43 Å². The Kier molecular flexibility index (Phi) is 5.86. The second-order valence-corrected chi connectivity index (χ2v) is 8.49. The van der Waals surface area contributed by atoms with E-state index < -0.39 is 17.2 Å². The molecule has 0 unspecified atom stereocenters. The third-order valence-corrected chi connectivity index (χ3v) is 6.60. The van der Waals surface area contributed by atoms with Gasteiger partial charge in [-0.1, -0.05) is 0 Å². The molecule has 0 saturated carbocycles. The molecule has 162 valence electrons. The van der Waals surface area contributed by atoms with Crippen molar-refractivity contribution in [2.45, 2.75) is 46.1 Å². The summed E-state index contributed by atoms with van der Waals surface area (Å²) in [5.41, 5.74) is 0.931. The third kappa shape index (κ3) is 3.85. The van der Waals surface area contributed by atoms with Crippen LogP contribution in [0.2, 0.25) is 0 Å². The van der Waals surface area contributed by atoms with Gasteiger partial charge in [-0.05, 0) is 63.3 Å². The molecule has 0 radical (unpaired) electrons. The largest absolute Gasteiger partial charge is 0.352 e. The fraction of sp³-hybridized carbons (Fsp3) is 0.364. The smallest absolute Gasteiger partial charge is 0.280 e. The van der Waals surface area contributed by atoms with E-state index in [1.54, 1.807) is 0 Å². The Hall–Kier alpha value is -3.07. The van der Waals surface area contributed by atoms with Gasteiger partial charge in [0.1, 0.15) is 10.8 Å². The Balaban J connectivity index is 1.78. The minimum absolute atomic E-state index is 0.0939. The van der Waals surface area contributed by atoms with Gasteiger partial charge in [-0.15, -0.1) is 11.3 Å². The van der Waals surface area contributed by atoms with Gasteiger partial charge < -0.3 is 10.6 Å². The number of halogens is 1. The summed E-state index contributed by atoms with van der Waals surface area (Å²) in [6.07, 6.45) is 3.67. The Labute approximate surface area is 182 Å². The van der Waals surface area contributed by atoms with E-state index in [-0.39, 0.29) is 17.0 Å². The highest BCUT2D eigenvalue weighted by atomic mass is 32.1. The number of rotatable bonds is 5. The molecule has 9 heteroatoms. The normalized spacial score (nSPS) is 13.1. The van der Waals surface area contributed by atoms with E-state index in [2.05, 4.69) is 15.7 Å². The Morgan fingerprint density at radius 2 is 1.97 bits per heavy atom. The molecule has 0 saturated heterocycles. The summed E-state index contributed by atoms with van der Waals surface area (Å²) in [4.78, 5) is 39.8. The van der Waals surface area contributed by atoms with Crippen LogP contribution in [0.1, 0.15) is 58.0 Å². The summed E-state index contributed by atoms with van der Waals surface area (Å²) >= 11 is 1.37. The number of benzene rings is 1. The second-order valence-electron chi connectivity index (χ2n) is 7.38. The molecule has 0 bridgehead atoms. The third-order valence-electron chi connectivity index (χ3n) is 5.39. The zero-order valence-corrected chi connectivity index (χ0v) is 18.2. The molecule has 0 fully saturated rings. The number of fused-ring (bicyclic) bond motifs is 2. The summed E-state index contributed by atoms with van der Waals surface area (Å²) in [6, 6.07) is 3.85. The van der Waals surface area contributed by atoms with Crippen LogP contribution in [0.4, 0.5) is 9.39 Å². The number of anilines is 1. The van der Waals surface area contributed by atoms with E-state index in [0.29, 0.717) is 29.2 Å². The molecule has 7 nitrogen and oxygen atoms in total. The summed E-state index contributed by atoms with van der Waals surface area (Å²) in [6.45, 7) is 4.53. The molecule has 2 amide bonds. The maximum Gasteiger partial charge on any atom is 0.280 e. The van der Waals surface area contributed by atoms with Crippen molar-refractivity contribution >= 4 is 39.1 Å². The minimum atomic E-state index is -0.706. The number of amides is 2. The van der Waals surface area contributed by atoms with Gasteiger partial charge in [0.25, 0.3) is 11.8 Å². The zero-order chi connectivity index (χ0) is 22.1. The summed E-state index contributed by atoms with van der Waals surface area (Å²) in [5, 5.41) is 10.3. The first-order valence-corrected chi connectivity index (χ1v) is 11.2. The number of carbonyl (C=O) groups excluding carboxylic acids is 2. The molecule has 1 aliphatic carbocycles. The Bertz CT molecular complexity index is 1250. The molecule has 1 aliphatic rings. The number of hydrogen-bond acceptors (Lipinski definition) is 5. The summed E-state index contributed by atoms with van der Waals surface area (Å²) < 4.78 is 15.3. The predicted molar refractivity (Wildman–Crippen MR) is 119 cm³/mol. The molecular weight excluding hydrogens is 419 g/mol. The van der Waals surface area contributed by atoms with E-state index in [4.69, 9.17) is 0 Å². The Morgan fingerprint density at radius 3 is 2.71 bits per heavy atom. The second kappa shape index (κ2) is 8.58. The lowest BCUT2D eigenvalue weighted by molar-refractivity contribution is 0.0956. The van der Waals surface area contributed by atoms with Crippen molar-refractivity contribution in [3.63, 3.8) is 0 Å². The standard InChI is InChI=1S/C22H23FN4O3S/c1-3-24-20(29)17-13-7-5-6-8-16(13)31-22(17)25-21(30)18-19(28)14-11-12(23)9-10-15(14)27(4-2)26-18/h9-11H,3-8H2,1-2H3,(H,24,29)(H,25,30). The van der Waals surface area contributed by atoms with Crippen LogP contribution in [0.15, 0.2) is 23.0 Å². The maximum atomic E-state index is 13.8. The number of aromatic nitrogens is 2. The van der Waals surface area contributed by atoms with Crippen molar-refractivity contribution in [2.24, 2.45) is 0 Å². The Morgan fingerprint density at radius 1 is 1.19 bits per heavy atom. The molecule has 2 aromatic heterocycles. The van der Waals surface area contributed by atoms with E-state index in [1.165, 1.54) is 28.2 Å². The average Bonchev–Trinajstić information content (AvgIpc) is 3.12. The van der Waals surface area contributed by atoms with Crippen LogP contribution in [-0.2, 0) is 19.4 Å². The lowest BCUT2D eigenvalue weighted by Gasteiger charge is -2.13. The number of hydrogen-bond donors (Lipinski definition) is 2. The van der Waals surface area contributed by atoms with Crippen LogP contribution < -0.4 is 16.1 Å². The van der Waals surface area contributed by atoms with Crippen LogP contribution in [-0.4, -0.2) is 28.1 Å². The van der Waals surface area contributed by atoms with Gasteiger partial charge in [0.05, 0.1) is 16.5 Å². The quantitative estimate of drug-likeness (QED) is 0.633. The molecular formula is C22H23FN4O3S. The van der Waals surface area contributed by atoms with Gasteiger partial charge in [-0.25, -0.2) is 4.39 Å². The minimum Gasteiger partial charge on any atom is -0.352 e. The molecule has 2 heterocycles. The number of carbonyl (C=O) groups is 2. The lowest BCUT2D eigenvalue weighted by Crippen LogP contribution is -2.29. The molecule has 31 heavy (non-hydrogen) atoms. The number of nitrogens with zero attached hydrogens (tertiary/aromatic N) is 2. The van der Waals surface area contributed by atoms with Crippen molar-refractivity contribution in [3.8, 4) is 0 Å². The first kappa shape index (κ1) is 21.2. The number of nitrogens with one attached hydrogen (secondary N) is 2. The monoisotopic (exact) mass is 442 g/mol. The molecule has 0 aliphatic heterocycles. The molecule has 3 aromatic rings. The number of thiophene rings is 1. The van der Waals surface area contributed by atoms with Gasteiger partial charge in [-0.3, -0.25) is 19.1 Å². The molecule has 4 rings (SSSR count). The van der Waals surface area contributed by atoms with Crippen LogP contribution in [0, 0.1) is 5.82 Å². The topological polar surface area (TPSA) is 93.1 Å². The van der Waals surface area contributed by atoms with Crippen LogP contribution in [0.3, 0.4) is 0 Å². The first-order chi connectivity index (χ1) is 14.9. The molecule has 1 aromatic carbocycles. The van der Waals surface area contributed by atoms with Gasteiger partial charge in [0.15, 0.2) is 5.69 Å². The summed E-state index contributed by atoms with van der Waals surface area (Å²) in [5.74, 6) is -1.51. The molecule has 0 atom stereocenters. The van der Waals surface area contributed by atoms with Gasteiger partial charge in [0, 0.05) is 18.0 Å². The van der Waals surface area contributed by atoms with E-state index in [9.17, 15) is 18.8 Å². The van der Waals surface area contributed by atoms with Gasteiger partial charge in [-0.2, -0.15) is 5.10 Å². The van der Waals surface area contributed by atoms with Crippen molar-refractivity contribution < 1.29 is 14.0 Å². The highest BCUT2D eigenvalue weighted by molar-refractivity contribution is 7.17. The van der Waals surface area contributed by atoms with E-state index in [0.717, 1.165) is 42.2 Å². The number of aryl methyl sites for hydroxylation is 2. The van der Waals surface area contributed by atoms with Gasteiger partial charge >= 0.3 is 0 Å². The molecule has 2 N–H and O–H groups in total. The zero-order valence-electron chi connectivity index (χ0n) is 17.4. The highest BCUT2D eigenvalue weighted by Crippen LogP contribution is 2.38. The highest BCUT2D eigenvalue weighted by Gasteiger charge is 2.27. The maximum absolute atomic E-state index is 13.8. The van der Waals surface area contributed by atoms with Crippen LogP contribution >= 0.6 is 11.3 Å².